The molecule has 9 heteroatoms. The van der Waals surface area contributed by atoms with Crippen LogP contribution in [0.5, 0.6) is 0 Å². The molecular weight excluding hydrogens is 649 g/mol. The van der Waals surface area contributed by atoms with E-state index in [1.807, 2.05) is 6.92 Å². The molecule has 0 spiro atoms. The van der Waals surface area contributed by atoms with Crippen LogP contribution in [0.25, 0.3) is 0 Å². The number of carbonyl (C=O) groups is 2. The van der Waals surface area contributed by atoms with Crippen molar-refractivity contribution in [3.05, 3.63) is 62.1 Å². The number of carbonyl (C=O) groups excluding carboxylic acids is 2. The molecule has 0 aromatic rings. The SMILES string of the molecule is C#CCCC(CC(=O)C(=C)NCC=C)NC(=C)C1[C@@H]2[C@H](CN1C(=O)C(NC(=C)NC(COC(=C)NCC)C1CCCCC1)C1CCCCC1)C2(C)C. The number of nitrogens with zero attached hydrogens (tertiary/aromatic N) is 1. The molecule has 9 nitrogen and oxygen atoms in total. The number of piperidine rings is 1. The van der Waals surface area contributed by atoms with Crippen LogP contribution in [0.15, 0.2) is 62.1 Å². The summed E-state index contributed by atoms with van der Waals surface area (Å²) in [7, 11) is 0. The van der Waals surface area contributed by atoms with E-state index >= 15 is 0 Å². The lowest BCUT2D eigenvalue weighted by atomic mass is 9.82. The molecule has 288 valence electrons. The Morgan fingerprint density at radius 2 is 1.62 bits per heavy atom. The molecule has 6 atom stereocenters. The number of hydrogen-bond acceptors (Lipinski definition) is 8. The van der Waals surface area contributed by atoms with Crippen molar-refractivity contribution in [2.45, 2.75) is 128 Å². The van der Waals surface area contributed by atoms with Crippen molar-refractivity contribution in [1.29, 1.82) is 0 Å². The summed E-state index contributed by atoms with van der Waals surface area (Å²) in [6.07, 6.45) is 20.1. The van der Waals surface area contributed by atoms with Crippen LogP contribution in [0.3, 0.4) is 0 Å². The zero-order valence-corrected chi connectivity index (χ0v) is 32.5. The molecule has 4 fully saturated rings. The smallest absolute Gasteiger partial charge is 0.245 e. The molecular formula is C43H68N6O3. The van der Waals surface area contributed by atoms with Gasteiger partial charge in [-0.15, -0.1) is 18.9 Å². The van der Waals surface area contributed by atoms with E-state index in [1.165, 1.54) is 25.7 Å². The minimum absolute atomic E-state index is 0.0560. The van der Waals surface area contributed by atoms with Gasteiger partial charge < -0.3 is 36.2 Å². The summed E-state index contributed by atoms with van der Waals surface area (Å²) >= 11 is 0. The van der Waals surface area contributed by atoms with Crippen molar-refractivity contribution < 1.29 is 14.3 Å². The number of allylic oxidation sites excluding steroid dienone is 1. The van der Waals surface area contributed by atoms with E-state index in [-0.39, 0.29) is 53.5 Å². The molecule has 1 saturated heterocycles. The average Bonchev–Trinajstić information content (AvgIpc) is 3.44. The summed E-state index contributed by atoms with van der Waals surface area (Å²) in [6, 6.07) is -0.762. The molecule has 1 aliphatic heterocycles. The van der Waals surface area contributed by atoms with Gasteiger partial charge in [0.15, 0.2) is 11.7 Å². The highest BCUT2D eigenvalue weighted by molar-refractivity contribution is 5.94. The maximum absolute atomic E-state index is 14.9. The molecule has 0 aromatic carbocycles. The lowest BCUT2D eigenvalue weighted by Crippen LogP contribution is -2.56. The highest BCUT2D eigenvalue weighted by atomic mass is 16.5. The number of fused-ring (bicyclic) bond motifs is 1. The van der Waals surface area contributed by atoms with Gasteiger partial charge in [0.1, 0.15) is 12.6 Å². The first-order chi connectivity index (χ1) is 24.9. The summed E-state index contributed by atoms with van der Waals surface area (Å²) in [5.74, 6) is 5.35. The molecule has 5 N–H and O–H groups in total. The number of likely N-dealkylation sites (tertiary alicyclic amines) is 1. The first kappa shape index (κ1) is 41.0. The minimum atomic E-state index is -0.404. The molecule has 4 aliphatic rings. The molecule has 0 aromatic heterocycles. The Hall–Kier alpha value is -3.80. The maximum atomic E-state index is 14.9. The Balaban J connectivity index is 1.52. The van der Waals surface area contributed by atoms with Gasteiger partial charge in [0.25, 0.3) is 0 Å². The largest absolute Gasteiger partial charge is 0.478 e. The Morgan fingerprint density at radius 3 is 2.23 bits per heavy atom. The van der Waals surface area contributed by atoms with E-state index in [2.05, 4.69) is 84.1 Å². The molecule has 0 bridgehead atoms. The van der Waals surface area contributed by atoms with Gasteiger partial charge in [0, 0.05) is 44.2 Å². The predicted octanol–water partition coefficient (Wildman–Crippen LogP) is 6.25. The standard InChI is InChI=1S/C43H68N6O3/c1-10-13-24-35(26-38(50)29(4)45-25-11-2)46-30(5)41-39-36(43(39,8)9)27-49(41)42(51)40(34-22-18-15-19-23-34)48-31(6)47-37(28-52-32(7)44-12-3)33-20-16-14-17-21-33/h1,11,33-37,39-41,44-48H,2,4-7,12-28H2,3,8-9H3/t35?,36-,37?,39-,40?,41?/m0/s1. The van der Waals surface area contributed by atoms with Crippen LogP contribution in [-0.2, 0) is 14.3 Å². The average molecular weight is 717 g/mol. The molecule has 0 radical (unpaired) electrons. The molecule has 4 unspecified atom stereocenters. The van der Waals surface area contributed by atoms with Crippen LogP contribution in [0.4, 0.5) is 0 Å². The topological polar surface area (TPSA) is 107 Å². The van der Waals surface area contributed by atoms with Gasteiger partial charge in [0.2, 0.25) is 5.91 Å². The molecule has 1 heterocycles. The third-order valence-electron chi connectivity index (χ3n) is 12.2. The van der Waals surface area contributed by atoms with Gasteiger partial charge in [0.05, 0.1) is 23.6 Å². The lowest BCUT2D eigenvalue weighted by molar-refractivity contribution is -0.136. The van der Waals surface area contributed by atoms with E-state index in [9.17, 15) is 9.59 Å². The molecule has 3 aliphatic carbocycles. The second-order valence-corrected chi connectivity index (χ2v) is 16.2. The van der Waals surface area contributed by atoms with Gasteiger partial charge in [-0.05, 0) is 74.7 Å². The van der Waals surface area contributed by atoms with Crippen LogP contribution in [0.1, 0.15) is 104 Å². The summed E-state index contributed by atoms with van der Waals surface area (Å²) < 4.78 is 6.06. The van der Waals surface area contributed by atoms with E-state index in [0.29, 0.717) is 61.8 Å². The van der Waals surface area contributed by atoms with E-state index in [0.717, 1.165) is 50.8 Å². The number of Topliss-reactive ketones (excluding diaryl/α,β-unsaturated/α-hetero) is 1. The fourth-order valence-corrected chi connectivity index (χ4v) is 9.14. The second kappa shape index (κ2) is 19.3. The fourth-order valence-electron chi connectivity index (χ4n) is 9.14. The Morgan fingerprint density at radius 1 is 0.962 bits per heavy atom. The first-order valence-electron chi connectivity index (χ1n) is 20.0. The summed E-state index contributed by atoms with van der Waals surface area (Å²) in [5, 5.41) is 17.1. The normalized spacial score (nSPS) is 24.1. The van der Waals surface area contributed by atoms with Crippen molar-refractivity contribution in [1.82, 2.24) is 31.5 Å². The zero-order valence-electron chi connectivity index (χ0n) is 32.5. The molecule has 3 saturated carbocycles. The number of rotatable bonds is 23. The van der Waals surface area contributed by atoms with Gasteiger partial charge in [-0.3, -0.25) is 9.59 Å². The molecule has 4 rings (SSSR count). The molecule has 52 heavy (non-hydrogen) atoms. The van der Waals surface area contributed by atoms with Crippen LogP contribution < -0.4 is 26.6 Å². The number of ketones is 1. The highest BCUT2D eigenvalue weighted by Gasteiger charge is 2.68. The van der Waals surface area contributed by atoms with Crippen molar-refractivity contribution in [3.63, 3.8) is 0 Å². The van der Waals surface area contributed by atoms with Crippen molar-refractivity contribution in [3.8, 4) is 12.3 Å². The van der Waals surface area contributed by atoms with Gasteiger partial charge in [-0.25, -0.2) is 0 Å². The third-order valence-corrected chi connectivity index (χ3v) is 12.2. The number of terminal acetylenes is 1. The van der Waals surface area contributed by atoms with E-state index < -0.39 is 6.04 Å². The quantitative estimate of drug-likeness (QED) is 0.0366. The molecule has 1 amide bonds. The van der Waals surface area contributed by atoms with Gasteiger partial charge in [-0.2, -0.15) is 0 Å². The Bertz CT molecular complexity index is 1340. The highest BCUT2D eigenvalue weighted by Crippen LogP contribution is 2.65. The third kappa shape index (κ3) is 10.6. The predicted molar refractivity (Wildman–Crippen MR) is 212 cm³/mol. The zero-order chi connectivity index (χ0) is 37.8. The van der Waals surface area contributed by atoms with Crippen LogP contribution in [0, 0.1) is 41.4 Å². The number of ether oxygens (including phenoxy) is 1. The van der Waals surface area contributed by atoms with Crippen molar-refractivity contribution in [2.75, 3.05) is 26.2 Å². The monoisotopic (exact) mass is 717 g/mol. The lowest BCUT2D eigenvalue weighted by Gasteiger charge is -2.40. The second-order valence-electron chi connectivity index (χ2n) is 16.2. The number of amides is 1. The van der Waals surface area contributed by atoms with Crippen molar-refractivity contribution in [2.24, 2.45) is 29.1 Å². The van der Waals surface area contributed by atoms with Crippen molar-refractivity contribution >= 4 is 11.7 Å². The van der Waals surface area contributed by atoms with Gasteiger partial charge in [-0.1, -0.05) is 78.2 Å². The fraction of sp³-hybridized carbons (Fsp3) is 0.674. The maximum Gasteiger partial charge on any atom is 0.245 e. The summed E-state index contributed by atoms with van der Waals surface area (Å²) in [4.78, 5) is 30.1. The minimum Gasteiger partial charge on any atom is -0.478 e. The Kier molecular flexibility index (Phi) is 15.2. The number of nitrogens with one attached hydrogen (secondary N) is 5. The summed E-state index contributed by atoms with van der Waals surface area (Å²) in [5.41, 5.74) is 1.23. The van der Waals surface area contributed by atoms with Gasteiger partial charge >= 0.3 is 0 Å². The van der Waals surface area contributed by atoms with Crippen LogP contribution in [0.2, 0.25) is 0 Å². The first-order valence-corrected chi connectivity index (χ1v) is 20.0. The Labute approximate surface area is 315 Å². The van der Waals surface area contributed by atoms with E-state index in [1.54, 1.807) is 6.08 Å². The summed E-state index contributed by atoms with van der Waals surface area (Å²) in [6.45, 7) is 29.7. The van der Waals surface area contributed by atoms with Crippen LogP contribution >= 0.6 is 0 Å². The van der Waals surface area contributed by atoms with Crippen LogP contribution in [-0.4, -0.2) is 67.0 Å². The number of hydrogen-bond donors (Lipinski definition) is 5. The van der Waals surface area contributed by atoms with E-state index in [4.69, 9.17) is 11.2 Å².